The molecule has 0 saturated carbocycles. The van der Waals surface area contributed by atoms with Gasteiger partial charge >= 0.3 is 0 Å². The largest absolute Gasteiger partial charge is 0.326 e. The molecular weight excluding hydrogens is 311 g/mol. The number of amides is 2. The van der Waals surface area contributed by atoms with Crippen LogP contribution in [0.1, 0.15) is 37.7 Å². The van der Waals surface area contributed by atoms with E-state index in [9.17, 15) is 14.0 Å². The number of hydrogen-bond acceptors (Lipinski definition) is 4. The van der Waals surface area contributed by atoms with Crippen LogP contribution < -0.4 is 10.6 Å². The van der Waals surface area contributed by atoms with Gasteiger partial charge in [0.1, 0.15) is 5.82 Å². The number of nitrogens with zero attached hydrogens (tertiary/aromatic N) is 2. The molecule has 0 unspecified atom stereocenters. The molecule has 0 atom stereocenters. The fourth-order valence-electron chi connectivity index (χ4n) is 2.69. The average molecular weight is 328 g/mol. The molecule has 0 saturated heterocycles. The van der Waals surface area contributed by atoms with Crippen LogP contribution in [-0.2, 0) is 16.0 Å². The van der Waals surface area contributed by atoms with Crippen molar-refractivity contribution in [3.8, 4) is 12.3 Å². The molecule has 0 fully saturated rings. The number of benzene rings is 1. The number of rotatable bonds is 6. The average Bonchev–Trinajstić information content (AvgIpc) is 3.33. The number of hydrogen-bond donors (Lipinski definition) is 2. The standard InChI is InChI=1S/C17H17FN4O2/c1-2-3-7-17(21-22-17)8-6-16(24)20-14-10-13-11(9-12(14)18)4-5-15(23)19-13/h1,9-10H,3-8H2,(H,19,23)(H,20,24). The van der Waals surface area contributed by atoms with Crippen LogP contribution in [0.5, 0.6) is 0 Å². The molecule has 0 aliphatic carbocycles. The Labute approximate surface area is 138 Å². The number of halogens is 1. The molecule has 2 N–H and O–H groups in total. The second-order valence-corrected chi connectivity index (χ2v) is 5.97. The summed E-state index contributed by atoms with van der Waals surface area (Å²) < 4.78 is 14.1. The van der Waals surface area contributed by atoms with Gasteiger partial charge in [-0.15, -0.1) is 12.3 Å². The highest BCUT2D eigenvalue weighted by Gasteiger charge is 2.39. The van der Waals surface area contributed by atoms with Gasteiger partial charge in [-0.25, -0.2) is 4.39 Å². The molecule has 0 radical (unpaired) electrons. The van der Waals surface area contributed by atoms with Gasteiger partial charge in [0.25, 0.3) is 0 Å². The molecule has 2 heterocycles. The lowest BCUT2D eigenvalue weighted by atomic mass is 10.0. The summed E-state index contributed by atoms with van der Waals surface area (Å²) in [4.78, 5) is 23.5. The van der Waals surface area contributed by atoms with Crippen LogP contribution in [0, 0.1) is 18.2 Å². The number of aryl methyl sites for hydroxylation is 1. The molecule has 124 valence electrons. The topological polar surface area (TPSA) is 82.9 Å². The van der Waals surface area contributed by atoms with E-state index in [1.165, 1.54) is 12.1 Å². The molecule has 3 rings (SSSR count). The summed E-state index contributed by atoms with van der Waals surface area (Å²) in [5, 5.41) is 13.2. The van der Waals surface area contributed by atoms with Gasteiger partial charge < -0.3 is 10.6 Å². The summed E-state index contributed by atoms with van der Waals surface area (Å²) in [6.45, 7) is 0. The SMILES string of the molecule is C#CCCC1(CCC(=O)Nc2cc3c(cc2F)CCC(=O)N3)N=N1. The Morgan fingerprint density at radius 3 is 2.88 bits per heavy atom. The van der Waals surface area contributed by atoms with Crippen LogP contribution in [0.25, 0.3) is 0 Å². The van der Waals surface area contributed by atoms with Crippen molar-refractivity contribution in [3.63, 3.8) is 0 Å². The highest BCUT2D eigenvalue weighted by Crippen LogP contribution is 2.37. The third-order valence-electron chi connectivity index (χ3n) is 4.17. The fraction of sp³-hybridized carbons (Fsp3) is 0.412. The molecule has 1 aromatic carbocycles. The number of terminal acetylenes is 1. The molecule has 6 nitrogen and oxygen atoms in total. The molecule has 1 aromatic rings. The monoisotopic (exact) mass is 328 g/mol. The zero-order chi connectivity index (χ0) is 17.2. The van der Waals surface area contributed by atoms with Crippen LogP contribution in [0.2, 0.25) is 0 Å². The maximum absolute atomic E-state index is 14.1. The highest BCUT2D eigenvalue weighted by atomic mass is 19.1. The second-order valence-electron chi connectivity index (χ2n) is 5.97. The van der Waals surface area contributed by atoms with Crippen molar-refractivity contribution >= 4 is 23.2 Å². The van der Waals surface area contributed by atoms with Crippen molar-refractivity contribution in [1.29, 1.82) is 0 Å². The van der Waals surface area contributed by atoms with Crippen LogP contribution in [0.15, 0.2) is 22.4 Å². The Kier molecular flexibility index (Phi) is 4.30. The Hall–Kier alpha value is -2.75. The maximum Gasteiger partial charge on any atom is 0.224 e. The first kappa shape index (κ1) is 16.1. The molecule has 24 heavy (non-hydrogen) atoms. The summed E-state index contributed by atoms with van der Waals surface area (Å²) in [7, 11) is 0. The Bertz CT molecular complexity index is 761. The third kappa shape index (κ3) is 3.59. The zero-order valence-electron chi connectivity index (χ0n) is 13.1. The summed E-state index contributed by atoms with van der Waals surface area (Å²) in [6.07, 6.45) is 7.84. The minimum Gasteiger partial charge on any atom is -0.326 e. The predicted octanol–water partition coefficient (Wildman–Crippen LogP) is 3.00. The Morgan fingerprint density at radius 1 is 1.38 bits per heavy atom. The highest BCUT2D eigenvalue weighted by molar-refractivity contribution is 5.96. The smallest absolute Gasteiger partial charge is 0.224 e. The third-order valence-corrected chi connectivity index (χ3v) is 4.17. The van der Waals surface area contributed by atoms with E-state index in [-0.39, 0.29) is 23.9 Å². The van der Waals surface area contributed by atoms with Gasteiger partial charge in [0, 0.05) is 37.8 Å². The summed E-state index contributed by atoms with van der Waals surface area (Å²) in [5.41, 5.74) is 0.796. The molecule has 0 aromatic heterocycles. The number of carbonyl (C=O) groups excluding carboxylic acids is 2. The Morgan fingerprint density at radius 2 is 2.17 bits per heavy atom. The van der Waals surface area contributed by atoms with E-state index in [1.54, 1.807) is 0 Å². The Balaban J connectivity index is 1.60. The molecular formula is C17H17FN4O2. The minimum absolute atomic E-state index is 0.0586. The van der Waals surface area contributed by atoms with Crippen molar-refractivity contribution in [2.24, 2.45) is 10.2 Å². The fourth-order valence-corrected chi connectivity index (χ4v) is 2.69. The van der Waals surface area contributed by atoms with E-state index in [0.717, 1.165) is 5.56 Å². The first-order chi connectivity index (χ1) is 11.5. The van der Waals surface area contributed by atoms with Crippen LogP contribution >= 0.6 is 0 Å². The number of anilines is 2. The van der Waals surface area contributed by atoms with Crippen LogP contribution in [0.4, 0.5) is 15.8 Å². The van der Waals surface area contributed by atoms with Crippen molar-refractivity contribution in [2.45, 2.75) is 44.2 Å². The van der Waals surface area contributed by atoms with E-state index in [1.807, 2.05) is 0 Å². The lowest BCUT2D eigenvalue weighted by Gasteiger charge is -2.18. The van der Waals surface area contributed by atoms with Crippen molar-refractivity contribution in [3.05, 3.63) is 23.5 Å². The van der Waals surface area contributed by atoms with E-state index in [0.29, 0.717) is 37.8 Å². The van der Waals surface area contributed by atoms with Gasteiger partial charge in [-0.1, -0.05) is 0 Å². The van der Waals surface area contributed by atoms with Gasteiger partial charge in [-0.2, -0.15) is 10.2 Å². The minimum atomic E-state index is -0.536. The van der Waals surface area contributed by atoms with Crippen LogP contribution in [-0.4, -0.2) is 17.5 Å². The molecule has 2 aliphatic heterocycles. The van der Waals surface area contributed by atoms with E-state index in [2.05, 4.69) is 26.8 Å². The van der Waals surface area contributed by atoms with Gasteiger partial charge in [0.15, 0.2) is 5.66 Å². The quantitative estimate of drug-likeness (QED) is 0.787. The number of fused-ring (bicyclic) bond motifs is 1. The normalized spacial score (nSPS) is 16.8. The van der Waals surface area contributed by atoms with Crippen LogP contribution in [0.3, 0.4) is 0 Å². The maximum atomic E-state index is 14.1. The van der Waals surface area contributed by atoms with Gasteiger partial charge in [0.2, 0.25) is 11.8 Å². The number of carbonyl (C=O) groups is 2. The molecule has 2 amide bonds. The molecule has 2 aliphatic rings. The second kappa shape index (κ2) is 6.40. The van der Waals surface area contributed by atoms with E-state index < -0.39 is 11.5 Å². The van der Waals surface area contributed by atoms with Gasteiger partial charge in [-0.3, -0.25) is 9.59 Å². The molecule has 0 bridgehead atoms. The first-order valence-electron chi connectivity index (χ1n) is 7.81. The van der Waals surface area contributed by atoms with Crippen molar-refractivity contribution in [2.75, 3.05) is 10.6 Å². The lowest BCUT2D eigenvalue weighted by molar-refractivity contribution is -0.117. The molecule has 0 spiro atoms. The van der Waals surface area contributed by atoms with Gasteiger partial charge in [-0.05, 0) is 24.1 Å². The van der Waals surface area contributed by atoms with Crippen molar-refractivity contribution in [1.82, 2.24) is 0 Å². The van der Waals surface area contributed by atoms with E-state index >= 15 is 0 Å². The zero-order valence-corrected chi connectivity index (χ0v) is 13.1. The predicted molar refractivity (Wildman–Crippen MR) is 86.9 cm³/mol. The van der Waals surface area contributed by atoms with E-state index in [4.69, 9.17) is 6.42 Å². The first-order valence-corrected chi connectivity index (χ1v) is 7.81. The summed E-state index contributed by atoms with van der Waals surface area (Å²) >= 11 is 0. The molecule has 7 heteroatoms. The number of nitrogens with one attached hydrogen (secondary N) is 2. The van der Waals surface area contributed by atoms with Gasteiger partial charge in [0.05, 0.1) is 5.69 Å². The summed E-state index contributed by atoms with van der Waals surface area (Å²) in [5.74, 6) is 1.58. The summed E-state index contributed by atoms with van der Waals surface area (Å²) in [6, 6.07) is 2.81. The van der Waals surface area contributed by atoms with Crippen molar-refractivity contribution < 1.29 is 14.0 Å². The lowest BCUT2D eigenvalue weighted by Crippen LogP contribution is -2.21.